The molecule has 2 N–H and O–H groups in total. The number of fused-ring (bicyclic) bond motifs is 6. The average Bonchev–Trinajstić information content (AvgIpc) is 3.36. The van der Waals surface area contributed by atoms with Gasteiger partial charge in [0.05, 0.1) is 0 Å². The van der Waals surface area contributed by atoms with E-state index >= 15 is 0 Å². The van der Waals surface area contributed by atoms with Crippen molar-refractivity contribution < 1.29 is 9.79 Å². The molecule has 0 saturated heterocycles. The normalized spacial score (nSPS) is 15.9. The summed E-state index contributed by atoms with van der Waals surface area (Å²) in [6.07, 6.45) is 0.633. The standard InChI is InChI=1S/C34H38NO2P/c1-23(2)35(24(3)4)38(36,37,21-33-29-17-9-5-13-25(29)26-14-6-10-18-30(26)33)22-34-31-19-11-7-15-27(31)28-16-8-12-20-32(28)34/h5-20,23-24,33-34,36-37H,21-22H2,1-4H3. The summed E-state index contributed by atoms with van der Waals surface area (Å²) in [4.78, 5) is 26.2. The van der Waals surface area contributed by atoms with Crippen LogP contribution in [-0.4, -0.2) is 38.9 Å². The van der Waals surface area contributed by atoms with Gasteiger partial charge in [0.2, 0.25) is 0 Å². The molecule has 0 aromatic heterocycles. The fraction of sp³-hybridized carbons (Fsp3) is 0.294. The molecule has 0 radical (unpaired) electrons. The van der Waals surface area contributed by atoms with Crippen molar-refractivity contribution in [3.8, 4) is 22.3 Å². The molecule has 2 aliphatic rings. The van der Waals surface area contributed by atoms with E-state index in [1.165, 1.54) is 44.5 Å². The Morgan fingerprint density at radius 2 is 0.789 bits per heavy atom. The molecule has 0 bridgehead atoms. The van der Waals surface area contributed by atoms with Gasteiger partial charge in [-0.3, -0.25) is 0 Å². The quantitative estimate of drug-likeness (QED) is 0.241. The predicted molar refractivity (Wildman–Crippen MR) is 161 cm³/mol. The monoisotopic (exact) mass is 523 g/mol. The third-order valence-electron chi connectivity index (χ3n) is 8.63. The number of nitrogens with zero attached hydrogens (tertiary/aromatic N) is 1. The molecule has 4 aromatic rings. The van der Waals surface area contributed by atoms with Gasteiger partial charge >= 0.3 is 227 Å². The Morgan fingerprint density at radius 3 is 1.05 bits per heavy atom. The molecular formula is C34H38NO2P. The number of hydrogen-bond acceptors (Lipinski definition) is 3. The van der Waals surface area contributed by atoms with Gasteiger partial charge in [0.15, 0.2) is 0 Å². The Kier molecular flexibility index (Phi) is 6.13. The molecule has 0 spiro atoms. The molecule has 0 amide bonds. The van der Waals surface area contributed by atoms with Crippen LogP contribution in [0.4, 0.5) is 0 Å². The van der Waals surface area contributed by atoms with Crippen molar-refractivity contribution >= 4 is 7.21 Å². The Bertz CT molecular complexity index is 1310. The van der Waals surface area contributed by atoms with E-state index in [4.69, 9.17) is 0 Å². The molecule has 6 rings (SSSR count). The molecule has 0 fully saturated rings. The summed E-state index contributed by atoms with van der Waals surface area (Å²) in [5, 5.41) is 0. The second kappa shape index (κ2) is 9.14. The molecule has 0 unspecified atom stereocenters. The molecule has 196 valence electrons. The first-order valence-electron chi connectivity index (χ1n) is 13.8. The SMILES string of the molecule is CC(C)N(C(C)C)P(O)(O)(CC1c2ccccc2-c2ccccc21)CC1c2ccccc2-c2ccccc21. The van der Waals surface area contributed by atoms with Gasteiger partial charge in [0.25, 0.3) is 0 Å². The van der Waals surface area contributed by atoms with Crippen LogP contribution in [0.3, 0.4) is 0 Å². The molecule has 4 aromatic carbocycles. The number of hydrogen-bond donors (Lipinski definition) is 2. The van der Waals surface area contributed by atoms with Crippen LogP contribution in [-0.2, 0) is 0 Å². The van der Waals surface area contributed by atoms with E-state index in [1.54, 1.807) is 0 Å². The maximum absolute atomic E-state index is 13.1. The maximum atomic E-state index is 13.1. The van der Waals surface area contributed by atoms with Gasteiger partial charge in [0, 0.05) is 0 Å². The first kappa shape index (κ1) is 25.5. The van der Waals surface area contributed by atoms with Gasteiger partial charge in [-0.2, -0.15) is 0 Å². The molecule has 0 heterocycles. The van der Waals surface area contributed by atoms with Crippen LogP contribution >= 0.6 is 7.21 Å². The zero-order valence-corrected chi connectivity index (χ0v) is 23.6. The fourth-order valence-electron chi connectivity index (χ4n) is 7.59. The molecule has 0 saturated carbocycles. The van der Waals surface area contributed by atoms with Crippen LogP contribution < -0.4 is 0 Å². The molecule has 2 aliphatic carbocycles. The van der Waals surface area contributed by atoms with E-state index in [-0.39, 0.29) is 23.9 Å². The van der Waals surface area contributed by atoms with Crippen LogP contribution in [0.2, 0.25) is 0 Å². The molecule has 38 heavy (non-hydrogen) atoms. The van der Waals surface area contributed by atoms with E-state index in [2.05, 4.69) is 129 Å². The van der Waals surface area contributed by atoms with E-state index in [0.29, 0.717) is 12.3 Å². The van der Waals surface area contributed by atoms with Crippen molar-refractivity contribution in [1.29, 1.82) is 0 Å². The van der Waals surface area contributed by atoms with E-state index in [0.717, 1.165) is 0 Å². The average molecular weight is 524 g/mol. The molecule has 4 heteroatoms. The number of rotatable bonds is 7. The minimum absolute atomic E-state index is 0.0125. The Balaban J connectivity index is 1.52. The summed E-state index contributed by atoms with van der Waals surface area (Å²) in [6, 6.07) is 34.0. The van der Waals surface area contributed by atoms with E-state index in [1.807, 2.05) is 0 Å². The van der Waals surface area contributed by atoms with Crippen molar-refractivity contribution in [2.24, 2.45) is 0 Å². The third-order valence-corrected chi connectivity index (χ3v) is 12.8. The second-order valence-corrected chi connectivity index (χ2v) is 15.6. The van der Waals surface area contributed by atoms with Gasteiger partial charge in [-0.15, -0.1) is 0 Å². The zero-order chi connectivity index (χ0) is 26.7. The summed E-state index contributed by atoms with van der Waals surface area (Å²) in [6.45, 7) is 8.39. The zero-order valence-electron chi connectivity index (χ0n) is 22.8. The molecule has 0 atom stereocenters. The minimum atomic E-state index is -4.49. The second-order valence-electron chi connectivity index (χ2n) is 11.7. The first-order valence-corrected chi connectivity index (χ1v) is 16.3. The van der Waals surface area contributed by atoms with E-state index < -0.39 is 7.21 Å². The van der Waals surface area contributed by atoms with Crippen molar-refractivity contribution in [2.45, 2.75) is 51.6 Å². The fourth-order valence-corrected chi connectivity index (χ4v) is 12.5. The van der Waals surface area contributed by atoms with Crippen molar-refractivity contribution in [3.05, 3.63) is 119 Å². The predicted octanol–water partition coefficient (Wildman–Crippen LogP) is 8.01. The Morgan fingerprint density at radius 1 is 0.526 bits per heavy atom. The van der Waals surface area contributed by atoms with Crippen LogP contribution in [0.1, 0.15) is 61.8 Å². The molecular weight excluding hydrogens is 485 g/mol. The van der Waals surface area contributed by atoms with Crippen molar-refractivity contribution in [1.82, 2.24) is 4.67 Å². The van der Waals surface area contributed by atoms with Gasteiger partial charge in [-0.25, -0.2) is 0 Å². The van der Waals surface area contributed by atoms with Gasteiger partial charge < -0.3 is 0 Å². The number of benzene rings is 4. The van der Waals surface area contributed by atoms with E-state index in [9.17, 15) is 9.79 Å². The summed E-state index contributed by atoms with van der Waals surface area (Å²) in [5.41, 5.74) is 9.65. The summed E-state index contributed by atoms with van der Waals surface area (Å²) in [7, 11) is -4.49. The van der Waals surface area contributed by atoms with Gasteiger partial charge in [-0.05, 0) is 0 Å². The van der Waals surface area contributed by atoms with Gasteiger partial charge in [0.1, 0.15) is 0 Å². The summed E-state index contributed by atoms with van der Waals surface area (Å²) in [5.74, 6) is -0.135. The third kappa shape index (κ3) is 3.96. The van der Waals surface area contributed by atoms with Crippen LogP contribution in [0, 0.1) is 0 Å². The Hall–Kier alpha value is -2.81. The Labute approximate surface area is 226 Å². The van der Waals surface area contributed by atoms with Crippen LogP contribution in [0.5, 0.6) is 0 Å². The summed E-state index contributed by atoms with van der Waals surface area (Å²) < 4.78 is 2.07. The first-order chi connectivity index (χ1) is 18.2. The van der Waals surface area contributed by atoms with Crippen LogP contribution in [0.25, 0.3) is 22.3 Å². The topological polar surface area (TPSA) is 43.7 Å². The summed E-state index contributed by atoms with van der Waals surface area (Å²) >= 11 is 0. The van der Waals surface area contributed by atoms with Crippen molar-refractivity contribution in [3.63, 3.8) is 0 Å². The van der Waals surface area contributed by atoms with Crippen LogP contribution in [0.15, 0.2) is 97.1 Å². The molecule has 0 aliphatic heterocycles. The van der Waals surface area contributed by atoms with Gasteiger partial charge in [-0.1, -0.05) is 0 Å². The molecule has 3 nitrogen and oxygen atoms in total. The van der Waals surface area contributed by atoms with Crippen molar-refractivity contribution in [2.75, 3.05) is 12.3 Å².